The molecule has 34 heavy (non-hydrogen) atoms. The minimum atomic E-state index is -0.530. The predicted octanol–water partition coefficient (Wildman–Crippen LogP) is 4.90. The topological polar surface area (TPSA) is 98.8 Å². The number of rotatable bonds is 7. The minimum Gasteiger partial charge on any atom is -0.493 e. The quantitative estimate of drug-likeness (QED) is 0.468. The van der Waals surface area contributed by atoms with E-state index in [0.29, 0.717) is 34.7 Å². The van der Waals surface area contributed by atoms with E-state index in [2.05, 4.69) is 15.6 Å². The van der Waals surface area contributed by atoms with Crippen LogP contribution in [0.5, 0.6) is 17.2 Å². The van der Waals surface area contributed by atoms with Crippen molar-refractivity contribution in [3.8, 4) is 28.5 Å². The van der Waals surface area contributed by atoms with Gasteiger partial charge in [0.15, 0.2) is 22.7 Å². The molecular formula is C25H25N3O5S. The fourth-order valence-corrected chi connectivity index (χ4v) is 4.29. The van der Waals surface area contributed by atoms with Crippen LogP contribution in [0.15, 0.2) is 42.5 Å². The van der Waals surface area contributed by atoms with Crippen LogP contribution in [0.25, 0.3) is 17.3 Å². The molecule has 1 aliphatic rings. The van der Waals surface area contributed by atoms with Gasteiger partial charge in [-0.15, -0.1) is 11.3 Å². The Hall–Kier alpha value is -3.85. The maximum Gasteiger partial charge on any atom is 0.265 e. The van der Waals surface area contributed by atoms with Gasteiger partial charge in [-0.05, 0) is 62.7 Å². The molecule has 0 fully saturated rings. The molecule has 9 heteroatoms. The number of hydrogen-bond acceptors (Lipinski definition) is 7. The van der Waals surface area contributed by atoms with Crippen molar-refractivity contribution in [2.45, 2.75) is 26.9 Å². The summed E-state index contributed by atoms with van der Waals surface area (Å²) in [6, 6.07) is 11.0. The van der Waals surface area contributed by atoms with E-state index in [4.69, 9.17) is 14.2 Å². The van der Waals surface area contributed by atoms with E-state index in [9.17, 15) is 9.59 Å². The molecule has 0 radical (unpaired) electrons. The van der Waals surface area contributed by atoms with Gasteiger partial charge in [0.1, 0.15) is 5.75 Å². The number of aryl methyl sites for hydroxylation is 1. The Morgan fingerprint density at radius 2 is 2.09 bits per heavy atom. The van der Waals surface area contributed by atoms with Crippen LogP contribution in [0.3, 0.4) is 0 Å². The molecule has 176 valence electrons. The number of nitrogens with zero attached hydrogens (tertiary/aromatic N) is 1. The number of carbonyl (C=O) groups excluding carboxylic acids is 2. The van der Waals surface area contributed by atoms with Gasteiger partial charge in [-0.25, -0.2) is 4.98 Å². The molecule has 1 aromatic heterocycles. The highest BCUT2D eigenvalue weighted by molar-refractivity contribution is 7.16. The highest BCUT2D eigenvalue weighted by atomic mass is 32.1. The van der Waals surface area contributed by atoms with E-state index in [1.54, 1.807) is 26.2 Å². The molecule has 1 unspecified atom stereocenters. The number of benzene rings is 2. The summed E-state index contributed by atoms with van der Waals surface area (Å²) in [4.78, 5) is 29.9. The smallest absolute Gasteiger partial charge is 0.265 e. The summed E-state index contributed by atoms with van der Waals surface area (Å²) in [7, 11) is 1.57. The first kappa shape index (κ1) is 23.3. The van der Waals surface area contributed by atoms with Crippen LogP contribution in [-0.4, -0.2) is 36.6 Å². The van der Waals surface area contributed by atoms with Crippen LogP contribution in [0.2, 0.25) is 0 Å². The van der Waals surface area contributed by atoms with E-state index in [-0.39, 0.29) is 11.8 Å². The number of anilines is 2. The van der Waals surface area contributed by atoms with Crippen molar-refractivity contribution in [3.05, 3.63) is 52.9 Å². The first-order valence-corrected chi connectivity index (χ1v) is 11.6. The molecule has 0 saturated carbocycles. The number of carbonyl (C=O) groups is 2. The lowest BCUT2D eigenvalue weighted by Gasteiger charge is -2.23. The Labute approximate surface area is 201 Å². The molecule has 0 saturated heterocycles. The number of amides is 2. The zero-order valence-electron chi connectivity index (χ0n) is 19.3. The van der Waals surface area contributed by atoms with Gasteiger partial charge in [0.25, 0.3) is 5.91 Å². The first-order valence-electron chi connectivity index (χ1n) is 10.8. The highest BCUT2D eigenvalue weighted by Crippen LogP contribution is 2.37. The summed E-state index contributed by atoms with van der Waals surface area (Å²) in [6.45, 7) is 6.08. The lowest BCUT2D eigenvalue weighted by atomic mass is 10.1. The predicted molar refractivity (Wildman–Crippen MR) is 133 cm³/mol. The van der Waals surface area contributed by atoms with Crippen LogP contribution in [0.1, 0.15) is 24.3 Å². The van der Waals surface area contributed by atoms with E-state index in [0.717, 1.165) is 21.7 Å². The van der Waals surface area contributed by atoms with E-state index >= 15 is 0 Å². The number of thiazole rings is 1. The van der Waals surface area contributed by atoms with Crippen molar-refractivity contribution in [1.82, 2.24) is 4.98 Å². The summed E-state index contributed by atoms with van der Waals surface area (Å²) in [5.41, 5.74) is 2.96. The Balaban J connectivity index is 1.47. The molecule has 1 aliphatic heterocycles. The number of ether oxygens (including phenoxy) is 3. The largest absolute Gasteiger partial charge is 0.493 e. The zero-order valence-corrected chi connectivity index (χ0v) is 20.1. The van der Waals surface area contributed by atoms with Crippen molar-refractivity contribution in [2.24, 2.45) is 0 Å². The zero-order chi connectivity index (χ0) is 24.2. The lowest BCUT2D eigenvalue weighted by Crippen LogP contribution is -2.34. The summed E-state index contributed by atoms with van der Waals surface area (Å²) < 4.78 is 16.5. The fraction of sp³-hybridized carbons (Fsp3) is 0.240. The van der Waals surface area contributed by atoms with Gasteiger partial charge < -0.3 is 19.5 Å². The number of methoxy groups -OCH3 is 1. The standard InChI is InChI=1S/C25H25N3O5S/c1-5-32-20-9-6-16(12-21(20)31-4)7-11-22(29)27-25-28-23(15(3)34-25)17-8-10-19-18(13-17)26-24(30)14(2)33-19/h6-14H,5H2,1-4H3,(H,26,30)(H,27,28,29)/b11-7+. The second-order valence-corrected chi connectivity index (χ2v) is 8.75. The number of nitrogens with one attached hydrogen (secondary N) is 2. The van der Waals surface area contributed by atoms with Crippen LogP contribution >= 0.6 is 11.3 Å². The van der Waals surface area contributed by atoms with Crippen molar-refractivity contribution in [2.75, 3.05) is 24.4 Å². The van der Waals surface area contributed by atoms with Crippen LogP contribution < -0.4 is 24.8 Å². The molecular weight excluding hydrogens is 454 g/mol. The van der Waals surface area contributed by atoms with Gasteiger partial charge in [-0.1, -0.05) is 6.07 Å². The molecule has 3 aromatic rings. The Bertz CT molecular complexity index is 1270. The van der Waals surface area contributed by atoms with E-state index in [1.807, 2.05) is 44.2 Å². The normalized spacial score (nSPS) is 14.8. The van der Waals surface area contributed by atoms with Crippen molar-refractivity contribution in [1.29, 1.82) is 0 Å². The third kappa shape index (κ3) is 5.04. The average molecular weight is 480 g/mol. The Kier molecular flexibility index (Phi) is 6.83. The second-order valence-electron chi connectivity index (χ2n) is 7.55. The van der Waals surface area contributed by atoms with Crippen LogP contribution in [0.4, 0.5) is 10.8 Å². The number of fused-ring (bicyclic) bond motifs is 1. The molecule has 8 nitrogen and oxygen atoms in total. The van der Waals surface area contributed by atoms with Crippen molar-refractivity contribution in [3.63, 3.8) is 0 Å². The van der Waals surface area contributed by atoms with Gasteiger partial charge >= 0.3 is 0 Å². The molecule has 0 spiro atoms. The minimum absolute atomic E-state index is 0.190. The summed E-state index contributed by atoms with van der Waals surface area (Å²) in [5.74, 6) is 1.39. The van der Waals surface area contributed by atoms with Crippen molar-refractivity contribution < 1.29 is 23.8 Å². The molecule has 1 atom stereocenters. The molecule has 0 aliphatic carbocycles. The van der Waals surface area contributed by atoms with Crippen LogP contribution in [-0.2, 0) is 9.59 Å². The second kappa shape index (κ2) is 9.96. The third-order valence-corrected chi connectivity index (χ3v) is 6.01. The lowest BCUT2D eigenvalue weighted by molar-refractivity contribution is -0.122. The van der Waals surface area contributed by atoms with Gasteiger partial charge in [0, 0.05) is 16.5 Å². The van der Waals surface area contributed by atoms with Gasteiger partial charge in [-0.3, -0.25) is 14.9 Å². The molecule has 2 heterocycles. The molecule has 2 N–H and O–H groups in total. The summed E-state index contributed by atoms with van der Waals surface area (Å²) >= 11 is 1.38. The summed E-state index contributed by atoms with van der Waals surface area (Å²) in [6.07, 6.45) is 2.61. The Morgan fingerprint density at radius 1 is 1.26 bits per heavy atom. The number of aromatic nitrogens is 1. The maximum absolute atomic E-state index is 12.5. The molecule has 2 aromatic carbocycles. The maximum atomic E-state index is 12.5. The van der Waals surface area contributed by atoms with Gasteiger partial charge in [0.05, 0.1) is 25.1 Å². The number of hydrogen-bond donors (Lipinski definition) is 2. The van der Waals surface area contributed by atoms with Gasteiger partial charge in [0.2, 0.25) is 5.91 Å². The SMILES string of the molecule is CCOc1ccc(/C=C/C(=O)Nc2nc(-c3ccc4c(c3)NC(=O)C(C)O4)c(C)s2)cc1OC. The Morgan fingerprint density at radius 3 is 2.85 bits per heavy atom. The van der Waals surface area contributed by atoms with Gasteiger partial charge in [-0.2, -0.15) is 0 Å². The molecule has 2 amide bonds. The van der Waals surface area contributed by atoms with Crippen molar-refractivity contribution >= 4 is 40.0 Å². The highest BCUT2D eigenvalue weighted by Gasteiger charge is 2.24. The first-order chi connectivity index (χ1) is 16.4. The van der Waals surface area contributed by atoms with E-state index in [1.165, 1.54) is 17.4 Å². The molecule has 0 bridgehead atoms. The van der Waals surface area contributed by atoms with E-state index < -0.39 is 6.10 Å². The summed E-state index contributed by atoms with van der Waals surface area (Å²) in [5, 5.41) is 6.14. The third-order valence-electron chi connectivity index (χ3n) is 5.13. The average Bonchev–Trinajstić information content (AvgIpc) is 3.18. The molecule has 4 rings (SSSR count). The van der Waals surface area contributed by atoms with Crippen LogP contribution in [0, 0.1) is 6.92 Å². The fourth-order valence-electron chi connectivity index (χ4n) is 3.46. The monoisotopic (exact) mass is 479 g/mol.